The molecule has 1 fully saturated rings. The summed E-state index contributed by atoms with van der Waals surface area (Å²) in [5.74, 6) is 1.02. The molecule has 0 atom stereocenters. The van der Waals surface area contributed by atoms with Gasteiger partial charge in [0, 0.05) is 18.7 Å². The number of benzene rings is 3. The molecular weight excluding hydrogens is 594 g/mol. The van der Waals surface area contributed by atoms with E-state index in [4.69, 9.17) is 39.9 Å². The molecule has 1 N–H and O–H groups in total. The van der Waals surface area contributed by atoms with Gasteiger partial charge in [0.05, 0.1) is 0 Å². The average Bonchev–Trinajstić information content (AvgIpc) is 3.52. The number of rotatable bonds is 9. The molecule has 0 radical (unpaired) electrons. The predicted molar refractivity (Wildman–Crippen MR) is 167 cm³/mol. The molecule has 0 aliphatic carbocycles. The van der Waals surface area contributed by atoms with Gasteiger partial charge in [-0.05, 0) is 37.6 Å². The molecule has 4 rings (SSSR count). The molecule has 3 aromatic carbocycles. The van der Waals surface area contributed by atoms with Crippen LogP contribution in [0.3, 0.4) is 0 Å². The number of amidine groups is 1. The van der Waals surface area contributed by atoms with E-state index in [0.717, 1.165) is 31.8 Å². The number of hydrogen-bond acceptors (Lipinski definition) is 2. The van der Waals surface area contributed by atoms with Gasteiger partial charge in [0.2, 0.25) is 0 Å². The summed E-state index contributed by atoms with van der Waals surface area (Å²) in [6, 6.07) is 30.3. The Hall–Kier alpha value is -1.08. The first-order chi connectivity index (χ1) is 18.5. The number of aryl methyl sites for hydroxylation is 1. The van der Waals surface area contributed by atoms with Crippen LogP contribution in [0.25, 0.3) is 0 Å². The number of aliphatic imine (C=N–C) groups is 1. The molecule has 3 aromatic rings. The van der Waals surface area contributed by atoms with E-state index in [1.807, 2.05) is 6.61 Å². The number of ether oxygens (including phenoxy) is 1. The van der Waals surface area contributed by atoms with Crippen LogP contribution in [0, 0.1) is 13.5 Å². The van der Waals surface area contributed by atoms with Crippen LogP contribution in [0.4, 0.5) is 0 Å². The third-order valence-corrected chi connectivity index (χ3v) is 7.99. The first kappa shape index (κ1) is 33.1. The van der Waals surface area contributed by atoms with Gasteiger partial charge in [-0.1, -0.05) is 98.8 Å². The van der Waals surface area contributed by atoms with Crippen molar-refractivity contribution < 1.29 is 16.1 Å². The standard InChI is InChI=1S/C26H31N2P.C4H7O.3ClH.Cr/c1-3-4-5-12-21-27-26(23-19-17-22(2)18-20-23)28-29(24-13-8-6-9-14-24)25-15-10-7-11-16-25;1-2-4-5-3-1;;;;/h6-11,13-20H,3-5,12,21H2,1-2H3,(H,27,28);3H,1-2,4H2;3*1H;/q;-1;;;;+4/p-2. The van der Waals surface area contributed by atoms with Crippen molar-refractivity contribution in [1.29, 1.82) is 0 Å². The Kier molecular flexibility index (Phi) is 18.1. The van der Waals surface area contributed by atoms with Crippen molar-refractivity contribution in [2.45, 2.75) is 52.4 Å². The number of hydrogen-bond donors (Lipinski definition) is 1. The molecular formula is C30H39Cl3CrN2OP+. The van der Waals surface area contributed by atoms with Gasteiger partial charge in [-0.15, -0.1) is 0 Å². The minimum absolute atomic E-state index is 0.870. The van der Waals surface area contributed by atoms with Crippen LogP contribution in [-0.2, 0) is 16.1 Å². The Balaban J connectivity index is 0.000000479. The SMILES string of the molecule is CCCCCCN=C(N[PH+](c1ccccc1)c1ccccc1)c1ccc(C)cc1.[CH-]1CCCO1.[Cl][Cr+]([Cl])[Cl]. The van der Waals surface area contributed by atoms with E-state index in [0.29, 0.717) is 0 Å². The van der Waals surface area contributed by atoms with Crippen LogP contribution < -0.4 is 15.7 Å². The zero-order valence-corrected chi connectivity index (χ0v) is 26.8. The molecule has 0 aromatic heterocycles. The minimum atomic E-state index is -1.62. The molecule has 1 aliphatic rings. The molecule has 0 unspecified atom stereocenters. The first-order valence-electron chi connectivity index (χ1n) is 13.0. The second kappa shape index (κ2) is 20.8. The zero-order valence-electron chi connectivity index (χ0n) is 22.2. The number of nitrogens with one attached hydrogen (secondary N) is 1. The van der Waals surface area contributed by atoms with Crippen molar-refractivity contribution >= 4 is 54.7 Å². The molecule has 3 nitrogen and oxygen atoms in total. The molecule has 1 aliphatic heterocycles. The zero-order chi connectivity index (χ0) is 27.4. The van der Waals surface area contributed by atoms with Crippen LogP contribution in [0.1, 0.15) is 56.6 Å². The van der Waals surface area contributed by atoms with Crippen molar-refractivity contribution in [3.63, 3.8) is 0 Å². The summed E-state index contributed by atoms with van der Waals surface area (Å²) in [5.41, 5.74) is 2.44. The van der Waals surface area contributed by atoms with E-state index >= 15 is 0 Å². The third kappa shape index (κ3) is 14.3. The van der Waals surface area contributed by atoms with Crippen LogP contribution in [-0.4, -0.2) is 19.0 Å². The van der Waals surface area contributed by atoms with Gasteiger partial charge < -0.3 is 4.74 Å². The van der Waals surface area contributed by atoms with E-state index in [-0.39, 0.29) is 0 Å². The quantitative estimate of drug-likeness (QED) is 0.0842. The topological polar surface area (TPSA) is 33.6 Å². The second-order valence-corrected chi connectivity index (χ2v) is 17.2. The first-order valence-corrected chi connectivity index (χ1v) is 19.8. The summed E-state index contributed by atoms with van der Waals surface area (Å²) >= 11 is -1.62. The van der Waals surface area contributed by atoms with Gasteiger partial charge in [0.25, 0.3) is 0 Å². The van der Waals surface area contributed by atoms with Crippen LogP contribution in [0.5, 0.6) is 0 Å². The third-order valence-electron chi connectivity index (χ3n) is 5.68. The monoisotopic (exact) mass is 631 g/mol. The van der Waals surface area contributed by atoms with Crippen molar-refractivity contribution in [2.24, 2.45) is 4.99 Å². The van der Waals surface area contributed by atoms with Crippen molar-refractivity contribution in [3.8, 4) is 0 Å². The molecule has 0 saturated carbocycles. The molecule has 8 heteroatoms. The molecule has 0 spiro atoms. The molecule has 0 amide bonds. The average molecular weight is 633 g/mol. The van der Waals surface area contributed by atoms with Gasteiger partial charge >= 0.3 is 41.5 Å². The van der Waals surface area contributed by atoms with Crippen molar-refractivity contribution in [3.05, 3.63) is 103 Å². The van der Waals surface area contributed by atoms with E-state index in [1.165, 1.54) is 47.4 Å². The molecule has 206 valence electrons. The van der Waals surface area contributed by atoms with Gasteiger partial charge in [0.1, 0.15) is 10.6 Å². The number of nitrogens with zero attached hydrogens (tertiary/aromatic N) is 1. The van der Waals surface area contributed by atoms with E-state index in [2.05, 4.69) is 104 Å². The maximum atomic E-state index is 5.02. The number of halogens is 3. The summed E-state index contributed by atoms with van der Waals surface area (Å²) in [6.07, 6.45) is 7.30. The summed E-state index contributed by atoms with van der Waals surface area (Å²) < 4.78 is 4.82. The van der Waals surface area contributed by atoms with Crippen LogP contribution >= 0.6 is 38.2 Å². The maximum absolute atomic E-state index is 5.02. The van der Waals surface area contributed by atoms with Crippen LogP contribution in [0.15, 0.2) is 89.9 Å². The Morgan fingerprint density at radius 2 is 1.47 bits per heavy atom. The van der Waals surface area contributed by atoms with E-state index in [9.17, 15) is 0 Å². The summed E-state index contributed by atoms with van der Waals surface area (Å²) in [5, 5.41) is 6.55. The Morgan fingerprint density at radius 3 is 1.92 bits per heavy atom. The summed E-state index contributed by atoms with van der Waals surface area (Å²) in [6.45, 7) is 8.05. The molecule has 1 heterocycles. The fraction of sp³-hybridized carbons (Fsp3) is 0.333. The predicted octanol–water partition coefficient (Wildman–Crippen LogP) is 8.72. The normalized spacial score (nSPS) is 13.0. The Labute approximate surface area is 247 Å². The Morgan fingerprint density at radius 1 is 0.895 bits per heavy atom. The van der Waals surface area contributed by atoms with Crippen LogP contribution in [0.2, 0.25) is 0 Å². The Bertz CT molecular complexity index is 971. The second-order valence-electron chi connectivity index (χ2n) is 8.74. The van der Waals surface area contributed by atoms with Gasteiger partial charge in [-0.25, -0.2) is 11.7 Å². The fourth-order valence-electron chi connectivity index (χ4n) is 3.70. The summed E-state index contributed by atoms with van der Waals surface area (Å²) in [7, 11) is 13.6. The van der Waals surface area contributed by atoms with Gasteiger partial charge in [-0.3, -0.25) is 4.99 Å². The fourth-order valence-corrected chi connectivity index (χ4v) is 5.83. The van der Waals surface area contributed by atoms with Crippen molar-refractivity contribution in [1.82, 2.24) is 5.09 Å². The van der Waals surface area contributed by atoms with Crippen molar-refractivity contribution in [2.75, 3.05) is 13.2 Å². The van der Waals surface area contributed by atoms with Gasteiger partial charge in [0.15, 0.2) is 13.9 Å². The number of unbranched alkanes of at least 4 members (excludes halogenated alkanes) is 3. The molecule has 38 heavy (non-hydrogen) atoms. The van der Waals surface area contributed by atoms with E-state index < -0.39 is 19.5 Å². The van der Waals surface area contributed by atoms with E-state index in [1.54, 1.807) is 0 Å². The molecule has 1 saturated heterocycles. The summed E-state index contributed by atoms with van der Waals surface area (Å²) in [4.78, 5) is 5.02. The molecule has 0 bridgehead atoms. The van der Waals surface area contributed by atoms with Gasteiger partial charge in [-0.2, -0.15) is 6.42 Å².